The smallest absolute Gasteiger partial charge is 0.251 e. The van der Waals surface area contributed by atoms with Gasteiger partial charge in [-0.05, 0) is 18.2 Å². The lowest BCUT2D eigenvalue weighted by molar-refractivity contribution is -0.214. The fraction of sp³-hybridized carbons (Fsp3) is 0.389. The van der Waals surface area contributed by atoms with E-state index < -0.39 is 17.4 Å². The first-order chi connectivity index (χ1) is 12.2. The van der Waals surface area contributed by atoms with Crippen LogP contribution in [-0.2, 0) is 20.0 Å². The van der Waals surface area contributed by atoms with Crippen LogP contribution in [0.25, 0.3) is 0 Å². The van der Waals surface area contributed by atoms with Gasteiger partial charge < -0.3 is 23.5 Å². The monoisotopic (exact) mass is 363 g/mol. The van der Waals surface area contributed by atoms with Crippen molar-refractivity contribution in [1.82, 2.24) is 4.57 Å². The van der Waals surface area contributed by atoms with Crippen molar-refractivity contribution in [3.05, 3.63) is 64.6 Å². The van der Waals surface area contributed by atoms with Gasteiger partial charge in [0.25, 0.3) is 5.56 Å². The third-order valence-corrected chi connectivity index (χ3v) is 4.75. The summed E-state index contributed by atoms with van der Waals surface area (Å²) in [6.07, 6.45) is 1.67. The van der Waals surface area contributed by atoms with Crippen LogP contribution in [0.2, 0.25) is 0 Å². The Morgan fingerprint density at radius 3 is 2.56 bits per heavy atom. The molecule has 6 nitrogen and oxygen atoms in total. The number of hydrogen-bond acceptors (Lipinski definition) is 5. The molecule has 132 valence electrons. The molecule has 2 aromatic rings. The SMILES string of the molecule is O=c1ccccn1C1C(Cl)OCCOc2ccccc2C12OCCO2. The van der Waals surface area contributed by atoms with Gasteiger partial charge in [-0.15, -0.1) is 0 Å². The first kappa shape index (κ1) is 16.6. The lowest BCUT2D eigenvalue weighted by atomic mass is 9.96. The maximum absolute atomic E-state index is 12.5. The van der Waals surface area contributed by atoms with Crippen LogP contribution in [-0.4, -0.2) is 36.6 Å². The number of nitrogens with zero attached hydrogens (tertiary/aromatic N) is 1. The highest BCUT2D eigenvalue weighted by Crippen LogP contribution is 2.47. The number of fused-ring (bicyclic) bond motifs is 2. The molecule has 0 saturated carbocycles. The molecule has 2 aliphatic rings. The minimum atomic E-state index is -1.27. The van der Waals surface area contributed by atoms with Crippen LogP contribution in [0.1, 0.15) is 11.6 Å². The average molecular weight is 364 g/mol. The fourth-order valence-electron chi connectivity index (χ4n) is 3.35. The minimum Gasteiger partial charge on any atom is -0.491 e. The van der Waals surface area contributed by atoms with Crippen molar-refractivity contribution in [1.29, 1.82) is 0 Å². The van der Waals surface area contributed by atoms with E-state index in [1.165, 1.54) is 10.6 Å². The average Bonchev–Trinajstić information content (AvgIpc) is 3.12. The van der Waals surface area contributed by atoms with E-state index in [1.807, 2.05) is 24.3 Å². The van der Waals surface area contributed by atoms with Crippen LogP contribution >= 0.6 is 11.6 Å². The Bertz CT molecular complexity index is 802. The molecule has 1 spiro atoms. The third kappa shape index (κ3) is 2.85. The predicted octanol–water partition coefficient (Wildman–Crippen LogP) is 2.26. The third-order valence-electron chi connectivity index (χ3n) is 4.39. The zero-order valence-electron chi connectivity index (χ0n) is 13.5. The van der Waals surface area contributed by atoms with Crippen LogP contribution in [0.3, 0.4) is 0 Å². The standard InChI is InChI=1S/C18H18ClNO5/c19-17-16(20-8-4-3-7-15(20)21)18(24-11-12-25-18)13-5-1-2-6-14(13)22-9-10-23-17/h1-8,16-17H,9-12H2. The molecule has 0 N–H and O–H groups in total. The van der Waals surface area contributed by atoms with Crippen molar-refractivity contribution in [3.8, 4) is 5.75 Å². The second kappa shape index (κ2) is 6.80. The summed E-state index contributed by atoms with van der Waals surface area (Å²) in [4.78, 5) is 12.5. The number of alkyl halides is 1. The van der Waals surface area contributed by atoms with Gasteiger partial charge >= 0.3 is 0 Å². The molecule has 0 aliphatic carbocycles. The van der Waals surface area contributed by atoms with Crippen LogP contribution < -0.4 is 10.3 Å². The molecule has 1 saturated heterocycles. The summed E-state index contributed by atoms with van der Waals surface area (Å²) in [5.41, 5.74) is -0.352. The van der Waals surface area contributed by atoms with Gasteiger partial charge in [-0.2, -0.15) is 0 Å². The fourth-order valence-corrected chi connectivity index (χ4v) is 3.73. The van der Waals surface area contributed by atoms with E-state index in [1.54, 1.807) is 18.3 Å². The Morgan fingerprint density at radius 2 is 1.76 bits per heavy atom. The zero-order valence-corrected chi connectivity index (χ0v) is 14.2. The molecule has 1 aromatic heterocycles. The van der Waals surface area contributed by atoms with E-state index in [0.29, 0.717) is 31.1 Å². The van der Waals surface area contributed by atoms with Crippen LogP contribution in [0.5, 0.6) is 5.75 Å². The van der Waals surface area contributed by atoms with Gasteiger partial charge in [0.1, 0.15) is 18.4 Å². The van der Waals surface area contributed by atoms with Gasteiger partial charge in [-0.25, -0.2) is 0 Å². The molecule has 7 heteroatoms. The number of para-hydroxylation sites is 1. The number of ether oxygens (including phenoxy) is 4. The maximum atomic E-state index is 12.5. The summed E-state index contributed by atoms with van der Waals surface area (Å²) in [6, 6.07) is 11.7. The summed E-state index contributed by atoms with van der Waals surface area (Å²) in [5, 5.41) is 0. The molecule has 4 rings (SSSR count). The molecule has 2 atom stereocenters. The van der Waals surface area contributed by atoms with Gasteiger partial charge in [0.2, 0.25) is 5.79 Å². The van der Waals surface area contributed by atoms with Crippen molar-refractivity contribution in [3.63, 3.8) is 0 Å². The molecule has 1 fully saturated rings. The van der Waals surface area contributed by atoms with Crippen LogP contribution in [0.15, 0.2) is 53.5 Å². The Morgan fingerprint density at radius 1 is 1.00 bits per heavy atom. The quantitative estimate of drug-likeness (QED) is 0.727. The normalized spacial score (nSPS) is 25.5. The van der Waals surface area contributed by atoms with Crippen molar-refractivity contribution in [2.24, 2.45) is 0 Å². The molecule has 25 heavy (non-hydrogen) atoms. The van der Waals surface area contributed by atoms with Crippen LogP contribution in [0, 0.1) is 0 Å². The number of hydrogen-bond donors (Lipinski definition) is 0. The topological polar surface area (TPSA) is 58.9 Å². The van der Waals surface area contributed by atoms with Crippen molar-refractivity contribution in [2.45, 2.75) is 17.4 Å². The molecule has 1 aromatic carbocycles. The Hall–Kier alpha value is -1.86. The Kier molecular flexibility index (Phi) is 4.52. The van der Waals surface area contributed by atoms with E-state index >= 15 is 0 Å². The molecule has 2 unspecified atom stereocenters. The second-order valence-electron chi connectivity index (χ2n) is 5.82. The van der Waals surface area contributed by atoms with E-state index in [-0.39, 0.29) is 12.2 Å². The molecule has 3 heterocycles. The molecule has 0 amide bonds. The number of aromatic nitrogens is 1. The van der Waals surface area contributed by atoms with E-state index in [9.17, 15) is 4.79 Å². The maximum Gasteiger partial charge on any atom is 0.251 e. The van der Waals surface area contributed by atoms with E-state index in [0.717, 1.165) is 0 Å². The first-order valence-electron chi connectivity index (χ1n) is 8.15. The molecular weight excluding hydrogens is 346 g/mol. The van der Waals surface area contributed by atoms with Gasteiger partial charge in [0, 0.05) is 12.3 Å². The van der Waals surface area contributed by atoms with Crippen molar-refractivity contribution >= 4 is 11.6 Å². The number of pyridine rings is 1. The lowest BCUT2D eigenvalue weighted by Gasteiger charge is -2.38. The van der Waals surface area contributed by atoms with Gasteiger partial charge in [-0.1, -0.05) is 29.8 Å². The van der Waals surface area contributed by atoms with Crippen molar-refractivity contribution in [2.75, 3.05) is 26.4 Å². The largest absolute Gasteiger partial charge is 0.491 e. The Labute approximate surface area is 149 Å². The lowest BCUT2D eigenvalue weighted by Crippen LogP contribution is -2.46. The number of benzene rings is 1. The summed E-state index contributed by atoms with van der Waals surface area (Å²) in [6.45, 7) is 1.40. The number of rotatable bonds is 1. The molecule has 0 bridgehead atoms. The van der Waals surface area contributed by atoms with Gasteiger partial charge in [-0.3, -0.25) is 4.79 Å². The highest BCUT2D eigenvalue weighted by atomic mass is 35.5. The second-order valence-corrected chi connectivity index (χ2v) is 6.25. The summed E-state index contributed by atoms with van der Waals surface area (Å²) in [5.74, 6) is -0.633. The van der Waals surface area contributed by atoms with Gasteiger partial charge in [0.05, 0.1) is 25.4 Å². The highest BCUT2D eigenvalue weighted by Gasteiger charge is 2.53. The zero-order chi connectivity index (χ0) is 17.3. The Balaban J connectivity index is 1.95. The highest BCUT2D eigenvalue weighted by molar-refractivity contribution is 6.20. The molecule has 0 radical (unpaired) electrons. The van der Waals surface area contributed by atoms with Crippen molar-refractivity contribution < 1.29 is 18.9 Å². The summed E-state index contributed by atoms with van der Waals surface area (Å²) >= 11 is 6.58. The van der Waals surface area contributed by atoms with E-state index in [4.69, 9.17) is 30.5 Å². The summed E-state index contributed by atoms with van der Waals surface area (Å²) < 4.78 is 25.2. The van der Waals surface area contributed by atoms with E-state index in [2.05, 4.69) is 0 Å². The number of halogens is 1. The van der Waals surface area contributed by atoms with Crippen LogP contribution in [0.4, 0.5) is 0 Å². The molecular formula is C18H18ClNO5. The molecule has 2 aliphatic heterocycles. The van der Waals surface area contributed by atoms with Gasteiger partial charge in [0.15, 0.2) is 5.56 Å². The first-order valence-corrected chi connectivity index (χ1v) is 8.59. The predicted molar refractivity (Wildman–Crippen MR) is 90.9 cm³/mol. The minimum absolute atomic E-state index is 0.210. The summed E-state index contributed by atoms with van der Waals surface area (Å²) in [7, 11) is 0.